The molecule has 62 valence electrons. The van der Waals surface area contributed by atoms with Crippen molar-refractivity contribution in [2.24, 2.45) is 11.8 Å². The molecular formula is C8H12O3. The van der Waals surface area contributed by atoms with E-state index in [9.17, 15) is 9.59 Å². The van der Waals surface area contributed by atoms with Gasteiger partial charge in [-0.25, -0.2) is 0 Å². The molecule has 0 atom stereocenters. The minimum absolute atomic E-state index is 0.116. The highest BCUT2D eigenvalue weighted by molar-refractivity contribution is 5.70. The number of aldehydes is 1. The third kappa shape index (κ3) is 2.03. The van der Waals surface area contributed by atoms with Crippen molar-refractivity contribution in [3.63, 3.8) is 0 Å². The first-order chi connectivity index (χ1) is 5.24. The van der Waals surface area contributed by atoms with Crippen LogP contribution in [-0.2, 0) is 9.59 Å². The van der Waals surface area contributed by atoms with Crippen LogP contribution in [0.3, 0.4) is 0 Å². The van der Waals surface area contributed by atoms with Gasteiger partial charge >= 0.3 is 5.97 Å². The van der Waals surface area contributed by atoms with Gasteiger partial charge in [-0.1, -0.05) is 0 Å². The van der Waals surface area contributed by atoms with E-state index in [0.717, 1.165) is 19.1 Å². The van der Waals surface area contributed by atoms with E-state index in [0.29, 0.717) is 12.8 Å². The highest BCUT2D eigenvalue weighted by atomic mass is 16.4. The molecule has 3 heteroatoms. The molecule has 0 spiro atoms. The topological polar surface area (TPSA) is 54.4 Å². The van der Waals surface area contributed by atoms with Crippen LogP contribution in [0.4, 0.5) is 0 Å². The first kappa shape index (κ1) is 8.24. The maximum atomic E-state index is 10.5. The quantitative estimate of drug-likeness (QED) is 0.608. The molecule has 0 aromatic heterocycles. The molecule has 1 fully saturated rings. The third-order valence-electron chi connectivity index (χ3n) is 2.31. The molecule has 1 N–H and O–H groups in total. The summed E-state index contributed by atoms with van der Waals surface area (Å²) in [5, 5.41) is 8.61. The lowest BCUT2D eigenvalue weighted by Crippen LogP contribution is -2.21. The lowest BCUT2D eigenvalue weighted by Gasteiger charge is -2.21. The van der Waals surface area contributed by atoms with Crippen LogP contribution in [0.1, 0.15) is 25.7 Å². The largest absolute Gasteiger partial charge is 0.481 e. The van der Waals surface area contributed by atoms with E-state index in [1.165, 1.54) is 0 Å². The molecule has 0 bridgehead atoms. The molecule has 0 aliphatic heterocycles. The summed E-state index contributed by atoms with van der Waals surface area (Å²) >= 11 is 0. The molecule has 0 aromatic rings. The van der Waals surface area contributed by atoms with Crippen LogP contribution in [0.15, 0.2) is 0 Å². The Labute approximate surface area is 65.4 Å². The van der Waals surface area contributed by atoms with Gasteiger partial charge in [0.1, 0.15) is 6.29 Å². The molecular weight excluding hydrogens is 144 g/mol. The van der Waals surface area contributed by atoms with Gasteiger partial charge in [-0.2, -0.15) is 0 Å². The number of aliphatic carboxylic acids is 1. The van der Waals surface area contributed by atoms with E-state index in [1.807, 2.05) is 0 Å². The number of carboxylic acid groups (broad SMARTS) is 1. The lowest BCUT2D eigenvalue weighted by molar-refractivity contribution is -0.143. The average molecular weight is 156 g/mol. The van der Waals surface area contributed by atoms with Crippen molar-refractivity contribution in [3.05, 3.63) is 0 Å². The number of hydrogen-bond acceptors (Lipinski definition) is 2. The smallest absolute Gasteiger partial charge is 0.306 e. The van der Waals surface area contributed by atoms with Gasteiger partial charge in [0.2, 0.25) is 0 Å². The van der Waals surface area contributed by atoms with E-state index in [-0.39, 0.29) is 11.8 Å². The van der Waals surface area contributed by atoms with Crippen molar-refractivity contribution in [2.75, 3.05) is 0 Å². The summed E-state index contributed by atoms with van der Waals surface area (Å²) in [6, 6.07) is 0. The Balaban J connectivity index is 2.35. The highest BCUT2D eigenvalue weighted by Gasteiger charge is 2.25. The van der Waals surface area contributed by atoms with E-state index < -0.39 is 5.97 Å². The fraction of sp³-hybridized carbons (Fsp3) is 0.750. The maximum Gasteiger partial charge on any atom is 0.306 e. The predicted molar refractivity (Wildman–Crippen MR) is 39.1 cm³/mol. The van der Waals surface area contributed by atoms with Crippen molar-refractivity contribution in [1.29, 1.82) is 0 Å². The molecule has 1 aliphatic carbocycles. The summed E-state index contributed by atoms with van der Waals surface area (Å²) in [5.41, 5.74) is 0. The molecule has 3 nitrogen and oxygen atoms in total. The third-order valence-corrected chi connectivity index (χ3v) is 2.31. The fourth-order valence-corrected chi connectivity index (χ4v) is 1.50. The van der Waals surface area contributed by atoms with Crippen molar-refractivity contribution in [3.8, 4) is 0 Å². The molecule has 1 rings (SSSR count). The zero-order chi connectivity index (χ0) is 8.27. The summed E-state index contributed by atoms with van der Waals surface area (Å²) in [7, 11) is 0. The molecule has 0 saturated heterocycles. The van der Waals surface area contributed by atoms with Crippen molar-refractivity contribution in [2.45, 2.75) is 25.7 Å². The Hall–Kier alpha value is -0.860. The second-order valence-corrected chi connectivity index (χ2v) is 3.09. The van der Waals surface area contributed by atoms with Crippen molar-refractivity contribution < 1.29 is 14.7 Å². The Kier molecular flexibility index (Phi) is 2.63. The fourth-order valence-electron chi connectivity index (χ4n) is 1.50. The first-order valence-electron chi connectivity index (χ1n) is 3.92. The number of carbonyl (C=O) groups excluding carboxylic acids is 1. The average Bonchev–Trinajstić information content (AvgIpc) is 2.05. The van der Waals surface area contributed by atoms with E-state index in [4.69, 9.17) is 5.11 Å². The second kappa shape index (κ2) is 3.51. The Morgan fingerprint density at radius 1 is 1.27 bits per heavy atom. The minimum Gasteiger partial charge on any atom is -0.481 e. The molecule has 0 heterocycles. The van der Waals surface area contributed by atoms with Crippen molar-refractivity contribution >= 4 is 12.3 Å². The van der Waals surface area contributed by atoms with Gasteiger partial charge < -0.3 is 9.90 Å². The zero-order valence-corrected chi connectivity index (χ0v) is 6.32. The second-order valence-electron chi connectivity index (χ2n) is 3.09. The predicted octanol–water partition coefficient (Wildman–Crippen LogP) is 1.08. The SMILES string of the molecule is O=CC1CCC(C(=O)O)CC1. The molecule has 0 unspecified atom stereocenters. The number of hydrogen-bond donors (Lipinski definition) is 1. The summed E-state index contributed by atoms with van der Waals surface area (Å²) in [6.45, 7) is 0. The molecule has 0 radical (unpaired) electrons. The number of carboxylic acids is 1. The standard InChI is InChI=1S/C8H12O3/c9-5-6-1-3-7(4-2-6)8(10)11/h5-7H,1-4H2,(H,10,11). The van der Waals surface area contributed by atoms with E-state index in [2.05, 4.69) is 0 Å². The molecule has 0 aromatic carbocycles. The highest BCUT2D eigenvalue weighted by Crippen LogP contribution is 2.27. The van der Waals surface area contributed by atoms with Crippen molar-refractivity contribution in [1.82, 2.24) is 0 Å². The minimum atomic E-state index is -0.714. The van der Waals surface area contributed by atoms with Gasteiger partial charge in [0, 0.05) is 5.92 Å². The zero-order valence-electron chi connectivity index (χ0n) is 6.32. The van der Waals surface area contributed by atoms with Crippen LogP contribution in [0.2, 0.25) is 0 Å². The van der Waals surface area contributed by atoms with Gasteiger partial charge in [-0.15, -0.1) is 0 Å². The van der Waals surface area contributed by atoms with Crippen LogP contribution in [-0.4, -0.2) is 17.4 Å². The molecule has 11 heavy (non-hydrogen) atoms. The normalized spacial score (nSPS) is 31.3. The van der Waals surface area contributed by atoms with Gasteiger partial charge in [0.15, 0.2) is 0 Å². The van der Waals surface area contributed by atoms with Crippen LogP contribution in [0.25, 0.3) is 0 Å². The summed E-state index contributed by atoms with van der Waals surface area (Å²) in [6.07, 6.45) is 3.77. The van der Waals surface area contributed by atoms with Gasteiger partial charge in [0.05, 0.1) is 5.92 Å². The summed E-state index contributed by atoms with van der Waals surface area (Å²) in [5.74, 6) is -0.800. The number of carbonyl (C=O) groups is 2. The number of rotatable bonds is 2. The van der Waals surface area contributed by atoms with Crippen LogP contribution >= 0.6 is 0 Å². The van der Waals surface area contributed by atoms with E-state index >= 15 is 0 Å². The molecule has 1 aliphatic rings. The monoisotopic (exact) mass is 156 g/mol. The lowest BCUT2D eigenvalue weighted by atomic mass is 9.83. The first-order valence-corrected chi connectivity index (χ1v) is 3.92. The van der Waals surface area contributed by atoms with Gasteiger partial charge in [-0.3, -0.25) is 4.79 Å². The summed E-state index contributed by atoms with van der Waals surface area (Å²) in [4.78, 5) is 20.8. The Bertz CT molecular complexity index is 157. The van der Waals surface area contributed by atoms with Crippen LogP contribution in [0.5, 0.6) is 0 Å². The summed E-state index contributed by atoms with van der Waals surface area (Å²) < 4.78 is 0. The Morgan fingerprint density at radius 2 is 1.82 bits per heavy atom. The maximum absolute atomic E-state index is 10.5. The van der Waals surface area contributed by atoms with Crippen LogP contribution < -0.4 is 0 Å². The van der Waals surface area contributed by atoms with Gasteiger partial charge in [0.25, 0.3) is 0 Å². The molecule has 0 amide bonds. The van der Waals surface area contributed by atoms with Crippen LogP contribution in [0, 0.1) is 11.8 Å². The Morgan fingerprint density at radius 3 is 2.18 bits per heavy atom. The molecule has 1 saturated carbocycles. The van der Waals surface area contributed by atoms with E-state index in [1.54, 1.807) is 0 Å². The van der Waals surface area contributed by atoms with Gasteiger partial charge in [-0.05, 0) is 25.7 Å².